The average Bonchev–Trinajstić information content (AvgIpc) is 2.99. The Morgan fingerprint density at radius 3 is 1.79 bits per heavy atom. The van der Waals surface area contributed by atoms with E-state index < -0.39 is 16.6 Å². The van der Waals surface area contributed by atoms with Crippen LogP contribution < -0.4 is 10.4 Å². The quantitative estimate of drug-likeness (QED) is 0.246. The molecule has 1 unspecified atom stereocenters. The normalized spacial score (nSPS) is 23.5. The van der Waals surface area contributed by atoms with Crippen LogP contribution in [0, 0.1) is 16.7 Å². The minimum absolute atomic E-state index is 0.0650. The maximum atomic E-state index is 9.58. The van der Waals surface area contributed by atoms with Crippen LogP contribution >= 0.6 is 0 Å². The lowest BCUT2D eigenvalue weighted by molar-refractivity contribution is 0.0387. The first-order valence-electron chi connectivity index (χ1n) is 14.5. The summed E-state index contributed by atoms with van der Waals surface area (Å²) >= 11 is 0. The molecular formula is C33H51NO2Si2. The Labute approximate surface area is 235 Å². The summed E-state index contributed by atoms with van der Waals surface area (Å²) < 4.78 is 14.7. The van der Waals surface area contributed by atoms with Crippen LogP contribution in [-0.2, 0) is 8.85 Å². The SMILES string of the molecule is CC(C)(C)[Si](C)(C)OC1CC[C@@H](O[Si](c2ccccc2)(c2ccccc2)C(C)(C)C)[C@](C)(CCC#N)CC1. The maximum Gasteiger partial charge on any atom is 0.261 e. The maximum absolute atomic E-state index is 9.58. The molecule has 1 aliphatic rings. The first kappa shape index (κ1) is 30.8. The Bertz CT molecular complexity index is 1030. The van der Waals surface area contributed by atoms with Gasteiger partial charge in [0.2, 0.25) is 0 Å². The van der Waals surface area contributed by atoms with Gasteiger partial charge in [-0.3, -0.25) is 0 Å². The van der Waals surface area contributed by atoms with Gasteiger partial charge in [-0.15, -0.1) is 0 Å². The Morgan fingerprint density at radius 1 is 0.816 bits per heavy atom. The summed E-state index contributed by atoms with van der Waals surface area (Å²) in [4.78, 5) is 0. The first-order valence-corrected chi connectivity index (χ1v) is 19.3. The fraction of sp³-hybridized carbons (Fsp3) is 0.606. The van der Waals surface area contributed by atoms with Gasteiger partial charge >= 0.3 is 0 Å². The van der Waals surface area contributed by atoms with Crippen LogP contribution in [0.4, 0.5) is 0 Å². The number of nitrogens with zero attached hydrogens (tertiary/aromatic N) is 1. The summed E-state index contributed by atoms with van der Waals surface area (Å²) in [6.45, 7) is 21.1. The van der Waals surface area contributed by atoms with Gasteiger partial charge in [0.25, 0.3) is 8.32 Å². The Morgan fingerprint density at radius 2 is 1.34 bits per heavy atom. The van der Waals surface area contributed by atoms with E-state index in [2.05, 4.69) is 128 Å². The monoisotopic (exact) mass is 549 g/mol. The minimum atomic E-state index is -2.70. The summed E-state index contributed by atoms with van der Waals surface area (Å²) in [7, 11) is -4.58. The summed E-state index contributed by atoms with van der Waals surface area (Å²) in [5.74, 6) is 0. The van der Waals surface area contributed by atoms with E-state index in [4.69, 9.17) is 8.85 Å². The lowest BCUT2D eigenvalue weighted by Gasteiger charge is -2.49. The molecule has 208 valence electrons. The molecule has 0 N–H and O–H groups in total. The molecule has 0 saturated heterocycles. The second-order valence-electron chi connectivity index (χ2n) is 14.2. The summed E-state index contributed by atoms with van der Waals surface area (Å²) in [5, 5.41) is 12.3. The van der Waals surface area contributed by atoms with Crippen molar-refractivity contribution in [3.8, 4) is 6.07 Å². The molecule has 1 saturated carbocycles. The zero-order valence-corrected chi connectivity index (χ0v) is 27.4. The van der Waals surface area contributed by atoms with Crippen molar-refractivity contribution in [3.63, 3.8) is 0 Å². The third kappa shape index (κ3) is 6.53. The number of benzene rings is 2. The first-order chi connectivity index (χ1) is 17.7. The van der Waals surface area contributed by atoms with Gasteiger partial charge in [0.05, 0.1) is 12.2 Å². The molecule has 1 fully saturated rings. The Kier molecular flexibility index (Phi) is 9.57. The Balaban J connectivity index is 2.08. The molecule has 0 heterocycles. The second kappa shape index (κ2) is 11.8. The van der Waals surface area contributed by atoms with Gasteiger partial charge in [-0.2, -0.15) is 5.26 Å². The van der Waals surface area contributed by atoms with E-state index >= 15 is 0 Å². The van der Waals surface area contributed by atoms with Crippen LogP contribution in [0.3, 0.4) is 0 Å². The van der Waals surface area contributed by atoms with E-state index in [-0.39, 0.29) is 27.7 Å². The van der Waals surface area contributed by atoms with E-state index in [1.54, 1.807) is 0 Å². The summed E-state index contributed by atoms with van der Waals surface area (Å²) in [5.41, 5.74) is -0.0751. The van der Waals surface area contributed by atoms with Crippen molar-refractivity contribution in [3.05, 3.63) is 60.7 Å². The van der Waals surface area contributed by atoms with Crippen LogP contribution in [0.15, 0.2) is 60.7 Å². The van der Waals surface area contributed by atoms with Crippen LogP contribution in [0.5, 0.6) is 0 Å². The molecule has 3 atom stereocenters. The molecule has 5 heteroatoms. The number of hydrogen-bond acceptors (Lipinski definition) is 3. The van der Waals surface area contributed by atoms with E-state index in [9.17, 15) is 5.26 Å². The molecule has 0 aliphatic heterocycles. The third-order valence-corrected chi connectivity index (χ3v) is 19.0. The van der Waals surface area contributed by atoms with E-state index in [1.807, 2.05) is 0 Å². The number of rotatable bonds is 8. The fourth-order valence-electron chi connectivity index (χ4n) is 5.93. The van der Waals surface area contributed by atoms with E-state index in [0.717, 1.165) is 32.1 Å². The van der Waals surface area contributed by atoms with Crippen LogP contribution in [0.1, 0.15) is 87.0 Å². The highest BCUT2D eigenvalue weighted by atomic mass is 28.4. The number of nitriles is 1. The smallest absolute Gasteiger partial charge is 0.261 e. The van der Waals surface area contributed by atoms with E-state index in [0.29, 0.717) is 6.42 Å². The molecule has 38 heavy (non-hydrogen) atoms. The number of hydrogen-bond donors (Lipinski definition) is 0. The molecule has 3 rings (SSSR count). The highest BCUT2D eigenvalue weighted by Gasteiger charge is 2.54. The van der Waals surface area contributed by atoms with Gasteiger partial charge in [0.15, 0.2) is 8.32 Å². The fourth-order valence-corrected chi connectivity index (χ4v) is 12.2. The van der Waals surface area contributed by atoms with Gasteiger partial charge in [0.1, 0.15) is 0 Å². The topological polar surface area (TPSA) is 42.2 Å². The van der Waals surface area contributed by atoms with Crippen LogP contribution in [-0.4, -0.2) is 28.8 Å². The third-order valence-electron chi connectivity index (χ3n) is 9.38. The average molecular weight is 550 g/mol. The molecule has 0 bridgehead atoms. The molecule has 0 radical (unpaired) electrons. The zero-order valence-electron chi connectivity index (χ0n) is 25.4. The van der Waals surface area contributed by atoms with Gasteiger partial charge in [-0.25, -0.2) is 0 Å². The highest BCUT2D eigenvalue weighted by Crippen LogP contribution is 2.47. The van der Waals surface area contributed by atoms with Gasteiger partial charge in [-0.05, 0) is 71.1 Å². The van der Waals surface area contributed by atoms with Gasteiger partial charge in [-0.1, -0.05) is 109 Å². The zero-order chi connectivity index (χ0) is 28.2. The second-order valence-corrected chi connectivity index (χ2v) is 23.2. The van der Waals surface area contributed by atoms with Crippen molar-refractivity contribution in [2.75, 3.05) is 0 Å². The molecule has 0 amide bonds. The predicted molar refractivity (Wildman–Crippen MR) is 166 cm³/mol. The van der Waals surface area contributed by atoms with Gasteiger partial charge < -0.3 is 8.85 Å². The van der Waals surface area contributed by atoms with Crippen molar-refractivity contribution in [1.29, 1.82) is 5.26 Å². The Hall–Kier alpha value is -1.72. The standard InChI is InChI=1S/C33H51NO2Si2/c1-31(2,3)37(8,9)35-27-21-22-30(33(7,25-23-27)24-16-26-34)36-38(32(4,5)6,28-17-12-10-13-18-28)29-19-14-11-15-20-29/h10-15,17-20,27,30H,16,21-25H2,1-9H3/t27?,30-,33-/m1/s1. The lowest BCUT2D eigenvalue weighted by Crippen LogP contribution is -2.68. The molecule has 2 aromatic carbocycles. The molecule has 0 spiro atoms. The highest BCUT2D eigenvalue weighted by molar-refractivity contribution is 6.99. The van der Waals surface area contributed by atoms with Crippen LogP contribution in [0.2, 0.25) is 23.2 Å². The van der Waals surface area contributed by atoms with Crippen LogP contribution in [0.25, 0.3) is 0 Å². The van der Waals surface area contributed by atoms with Crippen molar-refractivity contribution in [2.45, 2.75) is 122 Å². The molecule has 2 aromatic rings. The van der Waals surface area contributed by atoms with Gasteiger partial charge in [0, 0.05) is 12.5 Å². The minimum Gasteiger partial charge on any atom is -0.414 e. The molecule has 3 nitrogen and oxygen atoms in total. The van der Waals surface area contributed by atoms with Crippen molar-refractivity contribution < 1.29 is 8.85 Å². The van der Waals surface area contributed by atoms with Crippen molar-refractivity contribution in [2.24, 2.45) is 5.41 Å². The van der Waals surface area contributed by atoms with E-state index in [1.165, 1.54) is 10.4 Å². The predicted octanol–water partition coefficient (Wildman–Crippen LogP) is 8.21. The van der Waals surface area contributed by atoms with Crippen molar-refractivity contribution >= 4 is 27.0 Å². The lowest BCUT2D eigenvalue weighted by atomic mass is 9.76. The summed E-state index contributed by atoms with van der Waals surface area (Å²) in [6, 6.07) is 24.3. The summed E-state index contributed by atoms with van der Waals surface area (Å²) in [6.07, 6.45) is 5.78. The molecular weight excluding hydrogens is 499 g/mol. The molecule has 1 aliphatic carbocycles. The molecule has 0 aromatic heterocycles. The largest absolute Gasteiger partial charge is 0.414 e. The van der Waals surface area contributed by atoms with Crippen molar-refractivity contribution in [1.82, 2.24) is 0 Å².